The van der Waals surface area contributed by atoms with Crippen molar-refractivity contribution in [2.75, 3.05) is 6.54 Å². The first-order chi connectivity index (χ1) is 8.25. The van der Waals surface area contributed by atoms with Gasteiger partial charge in [0.05, 0.1) is 0 Å². The van der Waals surface area contributed by atoms with Gasteiger partial charge in [-0.15, -0.1) is 0 Å². The molecule has 1 aliphatic rings. The van der Waals surface area contributed by atoms with Crippen LogP contribution in [0.1, 0.15) is 31.0 Å². The lowest BCUT2D eigenvalue weighted by Crippen LogP contribution is -2.28. The summed E-state index contributed by atoms with van der Waals surface area (Å²) in [6.07, 6.45) is 3.90. The van der Waals surface area contributed by atoms with Gasteiger partial charge in [0.2, 0.25) is 0 Å². The second-order valence-corrected chi connectivity index (χ2v) is 5.75. The molecule has 90 valence electrons. The molecule has 3 heteroatoms. The third-order valence-electron chi connectivity index (χ3n) is 3.71. The van der Waals surface area contributed by atoms with Gasteiger partial charge in [-0.2, -0.15) is 0 Å². The van der Waals surface area contributed by atoms with Gasteiger partial charge in [0.15, 0.2) is 0 Å². The highest BCUT2D eigenvalue weighted by Gasteiger charge is 2.18. The summed E-state index contributed by atoms with van der Waals surface area (Å²) in [4.78, 5) is 0. The average Bonchev–Trinajstić information content (AvgIpc) is 2.68. The minimum absolute atomic E-state index is 0.528. The third-order valence-corrected chi connectivity index (χ3v) is 4.21. The summed E-state index contributed by atoms with van der Waals surface area (Å²) in [6.45, 7) is 1.15. The second kappa shape index (κ2) is 4.46. The topological polar surface area (TPSA) is 17.0 Å². The summed E-state index contributed by atoms with van der Waals surface area (Å²) in [5, 5.41) is 4.95. The highest BCUT2D eigenvalue weighted by atomic mass is 79.9. The molecule has 1 aromatic carbocycles. The molecule has 1 saturated heterocycles. The summed E-state index contributed by atoms with van der Waals surface area (Å²) in [6, 6.07) is 9.35. The van der Waals surface area contributed by atoms with Crippen LogP contribution in [0.15, 0.2) is 28.7 Å². The van der Waals surface area contributed by atoms with E-state index in [0.717, 1.165) is 11.0 Å². The first kappa shape index (κ1) is 11.3. The summed E-state index contributed by atoms with van der Waals surface area (Å²) < 4.78 is 3.47. The maximum atomic E-state index is 3.62. The molecule has 2 nitrogen and oxygen atoms in total. The van der Waals surface area contributed by atoms with Crippen LogP contribution in [0.4, 0.5) is 0 Å². The summed E-state index contributed by atoms with van der Waals surface area (Å²) >= 11 is 3.54. The van der Waals surface area contributed by atoms with Crippen molar-refractivity contribution < 1.29 is 0 Å². The number of hydrogen-bond donors (Lipinski definition) is 1. The quantitative estimate of drug-likeness (QED) is 0.847. The maximum Gasteiger partial charge on any atom is 0.0491 e. The smallest absolute Gasteiger partial charge is 0.0491 e. The molecule has 1 fully saturated rings. The molecule has 1 N–H and O–H groups in total. The number of fused-ring (bicyclic) bond motifs is 1. The molecule has 1 atom stereocenters. The van der Waals surface area contributed by atoms with Gasteiger partial charge in [0.25, 0.3) is 0 Å². The van der Waals surface area contributed by atoms with Crippen molar-refractivity contribution in [3.05, 3.63) is 34.4 Å². The number of rotatable bonds is 1. The van der Waals surface area contributed by atoms with Crippen LogP contribution in [0.5, 0.6) is 0 Å². The van der Waals surface area contributed by atoms with Crippen LogP contribution in [-0.2, 0) is 7.05 Å². The molecule has 2 heterocycles. The third kappa shape index (κ3) is 2.02. The van der Waals surface area contributed by atoms with Crippen LogP contribution >= 0.6 is 15.9 Å². The SMILES string of the molecule is Cn1c(C2CCCCN2)cc2ccc(Br)cc21. The Morgan fingerprint density at radius 1 is 1.29 bits per heavy atom. The van der Waals surface area contributed by atoms with E-state index in [1.165, 1.54) is 35.9 Å². The molecule has 1 aliphatic heterocycles. The number of piperidine rings is 1. The number of aryl methyl sites for hydroxylation is 1. The van der Waals surface area contributed by atoms with Crippen molar-refractivity contribution in [3.8, 4) is 0 Å². The highest BCUT2D eigenvalue weighted by Crippen LogP contribution is 2.29. The molecule has 0 amide bonds. The van der Waals surface area contributed by atoms with Gasteiger partial charge in [-0.1, -0.05) is 28.4 Å². The molecule has 3 rings (SSSR count). The second-order valence-electron chi connectivity index (χ2n) is 4.83. The van der Waals surface area contributed by atoms with Gasteiger partial charge in [-0.05, 0) is 43.0 Å². The van der Waals surface area contributed by atoms with E-state index in [-0.39, 0.29) is 0 Å². The molecule has 1 unspecified atom stereocenters. The van der Waals surface area contributed by atoms with Crippen LogP contribution in [0.2, 0.25) is 0 Å². The van der Waals surface area contributed by atoms with Crippen LogP contribution in [0.25, 0.3) is 10.9 Å². The van der Waals surface area contributed by atoms with E-state index in [1.807, 2.05) is 0 Å². The van der Waals surface area contributed by atoms with Crippen LogP contribution in [0, 0.1) is 0 Å². The van der Waals surface area contributed by atoms with E-state index in [0.29, 0.717) is 6.04 Å². The minimum atomic E-state index is 0.528. The van der Waals surface area contributed by atoms with E-state index in [4.69, 9.17) is 0 Å². The fraction of sp³-hybridized carbons (Fsp3) is 0.429. The Balaban J connectivity index is 2.07. The normalized spacial score (nSPS) is 20.9. The van der Waals surface area contributed by atoms with E-state index >= 15 is 0 Å². The van der Waals surface area contributed by atoms with Crippen LogP contribution in [-0.4, -0.2) is 11.1 Å². The van der Waals surface area contributed by atoms with Gasteiger partial charge >= 0.3 is 0 Å². The lowest BCUT2D eigenvalue weighted by atomic mass is 10.0. The number of halogens is 1. The Hall–Kier alpha value is -0.800. The largest absolute Gasteiger partial charge is 0.346 e. The van der Waals surface area contributed by atoms with Crippen molar-refractivity contribution >= 4 is 26.8 Å². The first-order valence-electron chi connectivity index (χ1n) is 6.24. The Morgan fingerprint density at radius 2 is 2.18 bits per heavy atom. The van der Waals surface area contributed by atoms with Crippen molar-refractivity contribution in [3.63, 3.8) is 0 Å². The van der Waals surface area contributed by atoms with Gasteiger partial charge in [0.1, 0.15) is 0 Å². The van der Waals surface area contributed by atoms with Gasteiger partial charge in [-0.3, -0.25) is 0 Å². The molecule has 0 bridgehead atoms. The van der Waals surface area contributed by atoms with E-state index in [9.17, 15) is 0 Å². The molecule has 0 radical (unpaired) electrons. The fourth-order valence-electron chi connectivity index (χ4n) is 2.76. The zero-order valence-electron chi connectivity index (χ0n) is 10.0. The number of benzene rings is 1. The molecule has 0 spiro atoms. The Bertz CT molecular complexity index is 538. The first-order valence-corrected chi connectivity index (χ1v) is 7.03. The number of hydrogen-bond acceptors (Lipinski definition) is 1. The Morgan fingerprint density at radius 3 is 2.94 bits per heavy atom. The van der Waals surface area contributed by atoms with E-state index in [2.05, 4.69) is 57.1 Å². The van der Waals surface area contributed by atoms with Crippen molar-refractivity contribution in [2.45, 2.75) is 25.3 Å². The standard InChI is InChI=1S/C14H17BrN2/c1-17-13-9-11(15)6-5-10(13)8-14(17)12-4-2-3-7-16-12/h5-6,8-9,12,16H,2-4,7H2,1H3. The predicted octanol–water partition coefficient (Wildman–Crippen LogP) is 3.76. The maximum absolute atomic E-state index is 3.62. The summed E-state index contributed by atoms with van der Waals surface area (Å²) in [5.74, 6) is 0. The predicted molar refractivity (Wildman–Crippen MR) is 75.2 cm³/mol. The average molecular weight is 293 g/mol. The molecular weight excluding hydrogens is 276 g/mol. The molecular formula is C14H17BrN2. The van der Waals surface area contributed by atoms with Crippen LogP contribution < -0.4 is 5.32 Å². The zero-order valence-corrected chi connectivity index (χ0v) is 11.6. The van der Waals surface area contributed by atoms with Crippen molar-refractivity contribution in [1.82, 2.24) is 9.88 Å². The zero-order chi connectivity index (χ0) is 11.8. The highest BCUT2D eigenvalue weighted by molar-refractivity contribution is 9.10. The number of nitrogens with one attached hydrogen (secondary N) is 1. The van der Waals surface area contributed by atoms with E-state index < -0.39 is 0 Å². The van der Waals surface area contributed by atoms with Gasteiger partial charge in [-0.25, -0.2) is 0 Å². The number of aromatic nitrogens is 1. The molecule has 2 aromatic rings. The summed E-state index contributed by atoms with van der Waals surface area (Å²) in [5.41, 5.74) is 2.72. The lowest BCUT2D eigenvalue weighted by molar-refractivity contribution is 0.399. The van der Waals surface area contributed by atoms with E-state index in [1.54, 1.807) is 0 Å². The fourth-order valence-corrected chi connectivity index (χ4v) is 3.11. The lowest BCUT2D eigenvalue weighted by Gasteiger charge is -2.24. The monoisotopic (exact) mass is 292 g/mol. The Labute approximate surface area is 110 Å². The molecule has 0 saturated carbocycles. The molecule has 0 aliphatic carbocycles. The molecule has 17 heavy (non-hydrogen) atoms. The molecule has 1 aromatic heterocycles. The van der Waals surface area contributed by atoms with Gasteiger partial charge < -0.3 is 9.88 Å². The summed E-state index contributed by atoms with van der Waals surface area (Å²) in [7, 11) is 2.17. The Kier molecular flexibility index (Phi) is 2.97. The van der Waals surface area contributed by atoms with Crippen molar-refractivity contribution in [2.24, 2.45) is 7.05 Å². The van der Waals surface area contributed by atoms with Gasteiger partial charge in [0, 0.05) is 28.8 Å². The van der Waals surface area contributed by atoms with Crippen LogP contribution in [0.3, 0.4) is 0 Å². The minimum Gasteiger partial charge on any atom is -0.346 e. The number of nitrogens with zero attached hydrogens (tertiary/aromatic N) is 1. The van der Waals surface area contributed by atoms with Crippen molar-refractivity contribution in [1.29, 1.82) is 0 Å².